The molecular weight excluding hydrogens is 356 g/mol. The predicted octanol–water partition coefficient (Wildman–Crippen LogP) is 0.800. The van der Waals surface area contributed by atoms with Crippen molar-refractivity contribution in [3.05, 3.63) is 53.3 Å². The van der Waals surface area contributed by atoms with Crippen molar-refractivity contribution < 1.29 is 34.8 Å². The number of carboxylic acid groups (broad SMARTS) is 3. The molecule has 1 aliphatic heterocycles. The Bertz CT molecular complexity index is 825. The average Bonchev–Trinajstić information content (AvgIpc) is 2.62. The molecule has 1 aromatic carbocycles. The second-order valence-corrected chi connectivity index (χ2v) is 5.87. The van der Waals surface area contributed by atoms with E-state index in [9.17, 15) is 24.6 Å². The van der Waals surface area contributed by atoms with Crippen molar-refractivity contribution in [2.24, 2.45) is 4.99 Å². The summed E-state index contributed by atoms with van der Waals surface area (Å²) in [5.41, 5.74) is 0.814. The first kappa shape index (κ1) is 19.7. The zero-order chi connectivity index (χ0) is 20.0. The van der Waals surface area contributed by atoms with E-state index in [0.717, 1.165) is 0 Å². The van der Waals surface area contributed by atoms with Crippen LogP contribution in [0.3, 0.4) is 0 Å². The maximum absolute atomic E-state index is 11.4. The maximum atomic E-state index is 11.4. The highest BCUT2D eigenvalue weighted by Crippen LogP contribution is 2.17. The molecule has 2 unspecified atom stereocenters. The van der Waals surface area contributed by atoms with Gasteiger partial charge in [0.15, 0.2) is 6.04 Å². The van der Waals surface area contributed by atoms with E-state index < -0.39 is 30.0 Å². The van der Waals surface area contributed by atoms with Gasteiger partial charge in [-0.3, -0.25) is 4.99 Å². The van der Waals surface area contributed by atoms with Gasteiger partial charge in [0.2, 0.25) is 0 Å². The summed E-state index contributed by atoms with van der Waals surface area (Å²) in [7, 11) is 0. The largest absolute Gasteiger partial charge is 0.508 e. The van der Waals surface area contributed by atoms with Crippen molar-refractivity contribution >= 4 is 24.1 Å². The van der Waals surface area contributed by atoms with Crippen LogP contribution < -0.4 is 5.32 Å². The van der Waals surface area contributed by atoms with Gasteiger partial charge < -0.3 is 25.7 Å². The lowest BCUT2D eigenvalue weighted by Crippen LogP contribution is -2.41. The summed E-state index contributed by atoms with van der Waals surface area (Å²) in [6.45, 7) is 0. The number of carbonyl (C=O) groups is 3. The molecule has 0 bridgehead atoms. The minimum absolute atomic E-state index is 0.0355. The monoisotopic (exact) mass is 374 g/mol. The van der Waals surface area contributed by atoms with Crippen molar-refractivity contribution in [2.45, 2.75) is 24.9 Å². The number of aromatic hydroxyl groups is 1. The smallest absolute Gasteiger partial charge is 0.351 e. The maximum Gasteiger partial charge on any atom is 0.351 e. The van der Waals surface area contributed by atoms with Crippen molar-refractivity contribution in [2.75, 3.05) is 0 Å². The van der Waals surface area contributed by atoms with Gasteiger partial charge in [-0.2, -0.15) is 0 Å². The molecule has 27 heavy (non-hydrogen) atoms. The van der Waals surface area contributed by atoms with Gasteiger partial charge in [-0.05, 0) is 35.4 Å². The highest BCUT2D eigenvalue weighted by Gasteiger charge is 2.26. The summed E-state index contributed by atoms with van der Waals surface area (Å²) in [5.74, 6) is -3.56. The topological polar surface area (TPSA) is 157 Å². The Morgan fingerprint density at radius 3 is 2.41 bits per heavy atom. The number of hydrogen-bond acceptors (Lipinski definition) is 6. The van der Waals surface area contributed by atoms with E-state index in [4.69, 9.17) is 10.2 Å². The normalized spacial score (nSPS) is 19.3. The first-order valence-electron chi connectivity index (χ1n) is 7.93. The molecule has 1 aliphatic rings. The first-order chi connectivity index (χ1) is 12.8. The summed E-state index contributed by atoms with van der Waals surface area (Å²) in [6.07, 6.45) is 4.05. The van der Waals surface area contributed by atoms with Crippen LogP contribution in [0.5, 0.6) is 5.75 Å². The minimum Gasteiger partial charge on any atom is -0.508 e. The Labute approximate surface area is 154 Å². The van der Waals surface area contributed by atoms with Crippen LogP contribution in [0.2, 0.25) is 0 Å². The van der Waals surface area contributed by atoms with Gasteiger partial charge in [-0.25, -0.2) is 14.4 Å². The van der Waals surface area contributed by atoms with E-state index in [1.165, 1.54) is 30.5 Å². The second kappa shape index (κ2) is 8.65. The molecule has 2 rings (SSSR count). The number of phenolic OH excluding ortho intramolecular Hbond substituents is 1. The van der Waals surface area contributed by atoms with Gasteiger partial charge in [0, 0.05) is 19.1 Å². The van der Waals surface area contributed by atoms with Crippen molar-refractivity contribution in [3.63, 3.8) is 0 Å². The average molecular weight is 374 g/mol. The Kier molecular flexibility index (Phi) is 6.32. The fourth-order valence-electron chi connectivity index (χ4n) is 2.45. The molecule has 0 saturated heterocycles. The molecular formula is C18H18N2O7. The molecule has 0 aliphatic carbocycles. The van der Waals surface area contributed by atoms with E-state index in [1.807, 2.05) is 0 Å². The Morgan fingerprint density at radius 1 is 1.19 bits per heavy atom. The Hall–Kier alpha value is -3.62. The molecule has 1 aromatic rings. The number of nitrogens with one attached hydrogen (secondary N) is 1. The van der Waals surface area contributed by atoms with Gasteiger partial charge in [0.05, 0.1) is 0 Å². The van der Waals surface area contributed by atoms with E-state index in [1.54, 1.807) is 12.1 Å². The lowest BCUT2D eigenvalue weighted by Gasteiger charge is -2.21. The van der Waals surface area contributed by atoms with Crippen LogP contribution >= 0.6 is 0 Å². The standard InChI is InChI=1S/C18H18N2O7/c21-12-3-1-10(2-4-12)7-13(16(22)23)19-6-5-11-8-14(17(24)25)20-15(9-11)18(26)27/h1-6,8,13,15,20-21H,7,9H2,(H,22,23)(H,24,25)(H,26,27)/b11-5+,19-6?. The fourth-order valence-corrected chi connectivity index (χ4v) is 2.45. The zero-order valence-electron chi connectivity index (χ0n) is 14.1. The first-order valence-corrected chi connectivity index (χ1v) is 7.93. The quantitative estimate of drug-likeness (QED) is 0.439. The Morgan fingerprint density at radius 2 is 1.85 bits per heavy atom. The summed E-state index contributed by atoms with van der Waals surface area (Å²) in [4.78, 5) is 37.6. The molecule has 0 spiro atoms. The van der Waals surface area contributed by atoms with Crippen molar-refractivity contribution in [1.29, 1.82) is 0 Å². The third kappa shape index (κ3) is 5.70. The molecule has 0 radical (unpaired) electrons. The van der Waals surface area contributed by atoms with Gasteiger partial charge in [-0.15, -0.1) is 0 Å². The minimum atomic E-state index is -1.29. The Balaban J connectivity index is 2.15. The molecule has 9 heteroatoms. The van der Waals surface area contributed by atoms with Crippen LogP contribution in [0.1, 0.15) is 12.0 Å². The molecule has 0 amide bonds. The number of aliphatic imine (C=N–C) groups is 1. The number of benzene rings is 1. The van der Waals surface area contributed by atoms with Crippen LogP contribution in [0, 0.1) is 0 Å². The van der Waals surface area contributed by atoms with Gasteiger partial charge in [0.1, 0.15) is 17.5 Å². The number of nitrogens with zero attached hydrogens (tertiary/aromatic N) is 1. The number of rotatable bonds is 7. The van der Waals surface area contributed by atoms with E-state index >= 15 is 0 Å². The molecule has 9 nitrogen and oxygen atoms in total. The van der Waals surface area contributed by atoms with E-state index in [0.29, 0.717) is 11.1 Å². The second-order valence-electron chi connectivity index (χ2n) is 5.87. The zero-order valence-corrected chi connectivity index (χ0v) is 14.1. The summed E-state index contributed by atoms with van der Waals surface area (Å²) in [5, 5.41) is 39.1. The number of phenols is 1. The van der Waals surface area contributed by atoms with Crippen LogP contribution in [-0.2, 0) is 20.8 Å². The molecule has 0 aromatic heterocycles. The molecule has 142 valence electrons. The third-order valence-corrected chi connectivity index (χ3v) is 3.83. The molecule has 2 atom stereocenters. The number of hydrogen-bond donors (Lipinski definition) is 5. The van der Waals surface area contributed by atoms with Crippen LogP contribution in [0.4, 0.5) is 0 Å². The summed E-state index contributed by atoms with van der Waals surface area (Å²) in [6, 6.07) is 3.90. The van der Waals surface area contributed by atoms with Crippen LogP contribution in [0.25, 0.3) is 0 Å². The van der Waals surface area contributed by atoms with Crippen molar-refractivity contribution in [1.82, 2.24) is 5.32 Å². The van der Waals surface area contributed by atoms with Gasteiger partial charge in [0.25, 0.3) is 0 Å². The molecule has 5 N–H and O–H groups in total. The SMILES string of the molecule is O=C(O)C1=C/C(=C\C=NC(Cc2ccc(O)cc2)C(=O)O)CC(C(=O)O)N1. The molecule has 1 heterocycles. The van der Waals surface area contributed by atoms with Gasteiger partial charge >= 0.3 is 17.9 Å². The number of allylic oxidation sites excluding steroid dienone is 2. The molecule has 0 fully saturated rings. The lowest BCUT2D eigenvalue weighted by atomic mass is 10.00. The van der Waals surface area contributed by atoms with Crippen molar-refractivity contribution in [3.8, 4) is 5.75 Å². The fraction of sp³-hybridized carbons (Fsp3) is 0.222. The van der Waals surface area contributed by atoms with Crippen LogP contribution in [0.15, 0.2) is 52.7 Å². The number of aliphatic carboxylic acids is 3. The predicted molar refractivity (Wildman–Crippen MR) is 94.7 cm³/mol. The lowest BCUT2D eigenvalue weighted by molar-refractivity contribution is -0.140. The number of carboxylic acids is 3. The van der Waals surface area contributed by atoms with Gasteiger partial charge in [-0.1, -0.05) is 12.1 Å². The summed E-state index contributed by atoms with van der Waals surface area (Å²) < 4.78 is 0. The van der Waals surface area contributed by atoms with E-state index in [2.05, 4.69) is 10.3 Å². The summed E-state index contributed by atoms with van der Waals surface area (Å²) >= 11 is 0. The highest BCUT2D eigenvalue weighted by atomic mass is 16.4. The molecule has 0 saturated carbocycles. The van der Waals surface area contributed by atoms with Crippen LogP contribution in [-0.4, -0.2) is 56.6 Å². The highest BCUT2D eigenvalue weighted by molar-refractivity contribution is 5.90. The van der Waals surface area contributed by atoms with E-state index in [-0.39, 0.29) is 24.3 Å². The third-order valence-electron chi connectivity index (χ3n) is 3.83.